The number of anilines is 4. The molecule has 0 atom stereocenters. The lowest BCUT2D eigenvalue weighted by atomic mass is 10.2. The predicted octanol–water partition coefficient (Wildman–Crippen LogP) is 3.81. The Bertz CT molecular complexity index is 968. The van der Waals surface area contributed by atoms with Gasteiger partial charge >= 0.3 is 5.97 Å². The summed E-state index contributed by atoms with van der Waals surface area (Å²) in [6, 6.07) is 10.1. The van der Waals surface area contributed by atoms with E-state index in [2.05, 4.69) is 25.8 Å². The maximum atomic E-state index is 13.3. The molecule has 9 heteroatoms. The Morgan fingerprint density at radius 2 is 1.93 bits per heavy atom. The summed E-state index contributed by atoms with van der Waals surface area (Å²) < 4.78 is 31.3. The number of carbonyl (C=O) groups is 1. The molecule has 1 heterocycles. The molecule has 0 radical (unpaired) electrons. The van der Waals surface area contributed by atoms with E-state index < -0.39 is 17.6 Å². The van der Waals surface area contributed by atoms with E-state index in [1.165, 1.54) is 12.3 Å². The normalized spacial score (nSPS) is 10.3. The van der Waals surface area contributed by atoms with Crippen molar-refractivity contribution in [3.8, 4) is 0 Å². The van der Waals surface area contributed by atoms with Crippen molar-refractivity contribution in [1.29, 1.82) is 0 Å². The highest BCUT2D eigenvalue weighted by Gasteiger charge is 2.13. The number of para-hydroxylation sites is 1. The molecule has 7 nitrogen and oxygen atoms in total. The van der Waals surface area contributed by atoms with Crippen LogP contribution < -0.4 is 10.6 Å². The van der Waals surface area contributed by atoms with Crippen LogP contribution in [0.4, 0.5) is 31.9 Å². The molecule has 0 aliphatic rings. The van der Waals surface area contributed by atoms with E-state index in [0.29, 0.717) is 17.1 Å². The monoisotopic (exact) mass is 371 g/mol. The lowest BCUT2D eigenvalue weighted by Crippen LogP contribution is -2.09. The number of esters is 1. The fraction of sp³-hybridized carbons (Fsp3) is 0.111. The van der Waals surface area contributed by atoms with Crippen LogP contribution in [0.5, 0.6) is 0 Å². The Hall–Kier alpha value is -3.62. The van der Waals surface area contributed by atoms with Crippen molar-refractivity contribution in [1.82, 2.24) is 15.2 Å². The first kappa shape index (κ1) is 18.2. The van der Waals surface area contributed by atoms with Gasteiger partial charge in [0.05, 0.1) is 24.1 Å². The van der Waals surface area contributed by atoms with Crippen LogP contribution in [0.1, 0.15) is 17.3 Å². The summed E-state index contributed by atoms with van der Waals surface area (Å²) in [7, 11) is 0. The quantitative estimate of drug-likeness (QED) is 0.637. The number of rotatable bonds is 6. The van der Waals surface area contributed by atoms with E-state index in [9.17, 15) is 13.6 Å². The van der Waals surface area contributed by atoms with Gasteiger partial charge in [0.25, 0.3) is 0 Å². The number of aromatic nitrogens is 3. The molecule has 0 saturated carbocycles. The summed E-state index contributed by atoms with van der Waals surface area (Å²) in [4.78, 5) is 16.2. The standard InChI is InChI=1S/C18H15F2N5O2/c1-2-27-17(26)12-5-3-4-6-15(12)23-16-10-21-25-18(24-16)22-11-7-8-13(19)14(20)9-11/h3-10H,2H2,1H3,(H2,22,23,24,25). The van der Waals surface area contributed by atoms with Gasteiger partial charge in [-0.05, 0) is 31.2 Å². The zero-order chi connectivity index (χ0) is 19.2. The number of nitrogens with one attached hydrogen (secondary N) is 2. The average Bonchev–Trinajstić information content (AvgIpc) is 2.66. The number of nitrogens with zero attached hydrogens (tertiary/aromatic N) is 3. The van der Waals surface area contributed by atoms with E-state index in [4.69, 9.17) is 4.74 Å². The molecule has 2 N–H and O–H groups in total. The Morgan fingerprint density at radius 3 is 2.70 bits per heavy atom. The highest BCUT2D eigenvalue weighted by atomic mass is 19.2. The molecule has 0 spiro atoms. The third-order valence-electron chi connectivity index (χ3n) is 3.42. The van der Waals surface area contributed by atoms with E-state index >= 15 is 0 Å². The number of halogens is 2. The fourth-order valence-corrected chi connectivity index (χ4v) is 2.24. The molecule has 0 saturated heterocycles. The van der Waals surface area contributed by atoms with Gasteiger partial charge in [0.2, 0.25) is 5.95 Å². The van der Waals surface area contributed by atoms with E-state index in [0.717, 1.165) is 12.1 Å². The number of hydrogen-bond donors (Lipinski definition) is 2. The molecule has 0 fully saturated rings. The molecule has 3 aromatic rings. The molecule has 0 aliphatic carbocycles. The van der Waals surface area contributed by atoms with E-state index in [-0.39, 0.29) is 18.2 Å². The number of hydrogen-bond acceptors (Lipinski definition) is 7. The molecule has 1 aromatic heterocycles. The fourth-order valence-electron chi connectivity index (χ4n) is 2.24. The average molecular weight is 371 g/mol. The first-order chi connectivity index (χ1) is 13.1. The molecule has 0 unspecified atom stereocenters. The Kier molecular flexibility index (Phi) is 5.50. The van der Waals surface area contributed by atoms with Crippen molar-refractivity contribution >= 4 is 29.1 Å². The highest BCUT2D eigenvalue weighted by Crippen LogP contribution is 2.21. The van der Waals surface area contributed by atoms with E-state index in [1.807, 2.05) is 0 Å². The summed E-state index contributed by atoms with van der Waals surface area (Å²) >= 11 is 0. The van der Waals surface area contributed by atoms with Crippen LogP contribution in [-0.2, 0) is 4.74 Å². The third kappa shape index (κ3) is 4.51. The SMILES string of the molecule is CCOC(=O)c1ccccc1Nc1cnnc(Nc2ccc(F)c(F)c2)n1. The van der Waals surface area contributed by atoms with Crippen LogP contribution in [0.3, 0.4) is 0 Å². The van der Waals surface area contributed by atoms with Crippen molar-refractivity contribution in [2.75, 3.05) is 17.2 Å². The molecule has 3 rings (SSSR count). The van der Waals surface area contributed by atoms with Crippen LogP contribution in [0, 0.1) is 11.6 Å². The Labute approximate surface area is 153 Å². The topological polar surface area (TPSA) is 89.0 Å². The molecule has 27 heavy (non-hydrogen) atoms. The molecule has 0 aliphatic heterocycles. The number of ether oxygens (including phenoxy) is 1. The maximum absolute atomic E-state index is 13.3. The zero-order valence-electron chi connectivity index (χ0n) is 14.2. The minimum Gasteiger partial charge on any atom is -0.462 e. The van der Waals surface area contributed by atoms with Crippen molar-refractivity contribution < 1.29 is 18.3 Å². The van der Waals surface area contributed by atoms with Crippen molar-refractivity contribution in [2.45, 2.75) is 6.92 Å². The zero-order valence-corrected chi connectivity index (χ0v) is 14.2. The lowest BCUT2D eigenvalue weighted by Gasteiger charge is -2.11. The summed E-state index contributed by atoms with van der Waals surface area (Å²) in [5.41, 5.74) is 1.09. The predicted molar refractivity (Wildman–Crippen MR) is 95.1 cm³/mol. The molecule has 0 bridgehead atoms. The minimum absolute atomic E-state index is 0.0691. The highest BCUT2D eigenvalue weighted by molar-refractivity contribution is 5.96. The van der Waals surface area contributed by atoms with Crippen LogP contribution in [0.2, 0.25) is 0 Å². The van der Waals surface area contributed by atoms with Gasteiger partial charge < -0.3 is 15.4 Å². The number of carbonyl (C=O) groups excluding carboxylic acids is 1. The molecular weight excluding hydrogens is 356 g/mol. The van der Waals surface area contributed by atoms with Gasteiger partial charge in [-0.1, -0.05) is 12.1 Å². The minimum atomic E-state index is -0.995. The van der Waals surface area contributed by atoms with Gasteiger partial charge in [-0.3, -0.25) is 0 Å². The van der Waals surface area contributed by atoms with Crippen molar-refractivity contribution in [3.05, 3.63) is 65.9 Å². The van der Waals surface area contributed by atoms with Gasteiger partial charge in [-0.2, -0.15) is 10.1 Å². The molecule has 0 amide bonds. The van der Waals surface area contributed by atoms with Crippen LogP contribution in [0.25, 0.3) is 0 Å². The van der Waals surface area contributed by atoms with Crippen LogP contribution >= 0.6 is 0 Å². The summed E-state index contributed by atoms with van der Waals surface area (Å²) in [5.74, 6) is -2.05. The van der Waals surface area contributed by atoms with Crippen molar-refractivity contribution in [2.24, 2.45) is 0 Å². The Balaban J connectivity index is 1.80. The van der Waals surface area contributed by atoms with Gasteiger partial charge in [-0.25, -0.2) is 13.6 Å². The number of benzene rings is 2. The third-order valence-corrected chi connectivity index (χ3v) is 3.42. The summed E-state index contributed by atoms with van der Waals surface area (Å²) in [5, 5.41) is 13.3. The second kappa shape index (κ2) is 8.17. The first-order valence-electron chi connectivity index (χ1n) is 8.02. The lowest BCUT2D eigenvalue weighted by molar-refractivity contribution is 0.0527. The van der Waals surface area contributed by atoms with Crippen molar-refractivity contribution in [3.63, 3.8) is 0 Å². The summed E-state index contributed by atoms with van der Waals surface area (Å²) in [6.07, 6.45) is 1.36. The molecule has 138 valence electrons. The van der Waals surface area contributed by atoms with Gasteiger partial charge in [0, 0.05) is 11.8 Å². The largest absolute Gasteiger partial charge is 0.462 e. The van der Waals surface area contributed by atoms with Crippen LogP contribution in [0.15, 0.2) is 48.7 Å². The second-order valence-electron chi connectivity index (χ2n) is 5.31. The Morgan fingerprint density at radius 1 is 1.11 bits per heavy atom. The molecule has 2 aromatic carbocycles. The van der Waals surface area contributed by atoms with Crippen LogP contribution in [-0.4, -0.2) is 27.8 Å². The maximum Gasteiger partial charge on any atom is 0.340 e. The second-order valence-corrected chi connectivity index (χ2v) is 5.31. The van der Waals surface area contributed by atoms with Gasteiger partial charge in [0.1, 0.15) is 0 Å². The molecular formula is C18H15F2N5O2. The van der Waals surface area contributed by atoms with E-state index in [1.54, 1.807) is 31.2 Å². The van der Waals surface area contributed by atoms with Gasteiger partial charge in [-0.15, -0.1) is 5.10 Å². The smallest absolute Gasteiger partial charge is 0.340 e. The van der Waals surface area contributed by atoms with Gasteiger partial charge in [0.15, 0.2) is 17.5 Å². The first-order valence-corrected chi connectivity index (χ1v) is 8.02. The summed E-state index contributed by atoms with van der Waals surface area (Å²) in [6.45, 7) is 1.98.